The highest BCUT2D eigenvalue weighted by Crippen LogP contribution is 2.08. The number of ether oxygens (including phenoxy) is 1. The summed E-state index contributed by atoms with van der Waals surface area (Å²) >= 11 is 0. The first-order valence-corrected chi connectivity index (χ1v) is 4.75. The second-order valence-corrected chi connectivity index (χ2v) is 2.93. The smallest absolute Gasteiger partial charge is 0.343 e. The van der Waals surface area contributed by atoms with Crippen molar-refractivity contribution in [2.75, 3.05) is 6.61 Å². The molecule has 86 valence electrons. The van der Waals surface area contributed by atoms with E-state index in [2.05, 4.69) is 15.2 Å². The van der Waals surface area contributed by atoms with Gasteiger partial charge in [0.05, 0.1) is 12.8 Å². The maximum absolute atomic E-state index is 11.4. The van der Waals surface area contributed by atoms with Gasteiger partial charge in [-0.3, -0.25) is 10.1 Å². The number of rotatable bonds is 4. The van der Waals surface area contributed by atoms with Gasteiger partial charge in [0.25, 0.3) is 0 Å². The zero-order valence-corrected chi connectivity index (χ0v) is 9.10. The first-order chi connectivity index (χ1) is 7.65. The Morgan fingerprint density at radius 1 is 1.75 bits per heavy atom. The number of hydrogen-bond donors (Lipinski definition) is 2. The summed E-state index contributed by atoms with van der Waals surface area (Å²) in [6.07, 6.45) is 4.30. The Hall–Kier alpha value is -2.11. The normalized spacial score (nSPS) is 12.6. The Morgan fingerprint density at radius 3 is 3.00 bits per heavy atom. The third-order valence-electron chi connectivity index (χ3n) is 1.71. The van der Waals surface area contributed by atoms with E-state index in [0.717, 1.165) is 0 Å². The number of hydrogen-bond acceptors (Lipinski definition) is 5. The average Bonchev–Trinajstić information content (AvgIpc) is 2.70. The predicted octanol–water partition coefficient (Wildman–Crippen LogP) is 1.51. The molecule has 16 heavy (non-hydrogen) atoms. The molecule has 6 nitrogen and oxygen atoms in total. The highest BCUT2D eigenvalue weighted by atomic mass is 16.5. The van der Waals surface area contributed by atoms with Gasteiger partial charge in [-0.25, -0.2) is 4.79 Å². The summed E-state index contributed by atoms with van der Waals surface area (Å²) in [5.41, 5.74) is 0.589. The van der Waals surface area contributed by atoms with E-state index in [9.17, 15) is 9.90 Å². The van der Waals surface area contributed by atoms with E-state index in [-0.39, 0.29) is 17.9 Å². The summed E-state index contributed by atoms with van der Waals surface area (Å²) in [7, 11) is 0. The maximum atomic E-state index is 11.4. The number of allylic oxidation sites excluding steroid dienone is 1. The molecule has 0 amide bonds. The topological polar surface area (TPSA) is 87.6 Å². The standard InChI is InChI=1S/C10H13N3O3/c1-3-16-10(15)9(7(2)14)6-11-8-4-12-13-5-8/h4-6,14H,3H2,1-2H3,(H,12,13)/b9-7+,11-6?. The van der Waals surface area contributed by atoms with Crippen LogP contribution < -0.4 is 0 Å². The van der Waals surface area contributed by atoms with E-state index in [1.54, 1.807) is 13.1 Å². The van der Waals surface area contributed by atoms with E-state index in [1.165, 1.54) is 19.3 Å². The van der Waals surface area contributed by atoms with Gasteiger partial charge in [-0.15, -0.1) is 0 Å². The molecular weight excluding hydrogens is 210 g/mol. The number of aliphatic hydroxyl groups is 1. The quantitative estimate of drug-likeness (QED) is 0.350. The lowest BCUT2D eigenvalue weighted by molar-refractivity contribution is -0.138. The van der Waals surface area contributed by atoms with Crippen LogP contribution in [0.3, 0.4) is 0 Å². The lowest BCUT2D eigenvalue weighted by atomic mass is 10.2. The van der Waals surface area contributed by atoms with Gasteiger partial charge in [-0.2, -0.15) is 5.10 Å². The van der Waals surface area contributed by atoms with Crippen LogP contribution in [0.25, 0.3) is 0 Å². The number of aromatic amines is 1. The minimum atomic E-state index is -0.602. The summed E-state index contributed by atoms with van der Waals surface area (Å²) < 4.78 is 4.76. The fourth-order valence-electron chi connectivity index (χ4n) is 0.956. The summed E-state index contributed by atoms with van der Waals surface area (Å²) in [5.74, 6) is -0.736. The number of aliphatic imine (C=N–C) groups is 1. The number of carbonyl (C=O) groups is 1. The van der Waals surface area contributed by atoms with Gasteiger partial charge in [0.1, 0.15) is 17.0 Å². The van der Waals surface area contributed by atoms with Crippen molar-refractivity contribution in [2.24, 2.45) is 4.99 Å². The molecule has 0 saturated carbocycles. The van der Waals surface area contributed by atoms with E-state index in [0.29, 0.717) is 5.69 Å². The van der Waals surface area contributed by atoms with Crippen LogP contribution in [0.5, 0.6) is 0 Å². The van der Waals surface area contributed by atoms with E-state index >= 15 is 0 Å². The fourth-order valence-corrected chi connectivity index (χ4v) is 0.956. The molecule has 1 aromatic heterocycles. The van der Waals surface area contributed by atoms with Gasteiger partial charge in [0, 0.05) is 12.4 Å². The number of H-pyrrole nitrogens is 1. The fraction of sp³-hybridized carbons (Fsp3) is 0.300. The summed E-state index contributed by atoms with van der Waals surface area (Å²) in [4.78, 5) is 15.3. The Bertz CT molecular complexity index is 403. The molecule has 0 radical (unpaired) electrons. The molecule has 0 aliphatic rings. The molecule has 0 aromatic carbocycles. The van der Waals surface area contributed by atoms with Crippen molar-refractivity contribution in [3.05, 3.63) is 23.7 Å². The van der Waals surface area contributed by atoms with Gasteiger partial charge in [-0.1, -0.05) is 0 Å². The number of esters is 1. The molecule has 1 rings (SSSR count). The molecule has 0 spiro atoms. The lowest BCUT2D eigenvalue weighted by Crippen LogP contribution is -2.10. The highest BCUT2D eigenvalue weighted by molar-refractivity contribution is 6.10. The van der Waals surface area contributed by atoms with Crippen molar-refractivity contribution >= 4 is 17.9 Å². The molecule has 1 heterocycles. The molecule has 0 atom stereocenters. The third kappa shape index (κ3) is 3.23. The average molecular weight is 223 g/mol. The summed E-state index contributed by atoms with van der Waals surface area (Å²) in [5, 5.41) is 15.6. The number of aliphatic hydroxyl groups excluding tert-OH is 1. The van der Waals surface area contributed by atoms with Crippen LogP contribution in [0, 0.1) is 0 Å². The number of nitrogens with one attached hydrogen (secondary N) is 1. The first kappa shape index (κ1) is 12.0. The lowest BCUT2D eigenvalue weighted by Gasteiger charge is -2.02. The van der Waals surface area contributed by atoms with E-state index in [4.69, 9.17) is 4.74 Å². The van der Waals surface area contributed by atoms with Crippen molar-refractivity contribution in [3.8, 4) is 0 Å². The van der Waals surface area contributed by atoms with Crippen molar-refractivity contribution in [3.63, 3.8) is 0 Å². The summed E-state index contributed by atoms with van der Waals surface area (Å²) in [6, 6.07) is 0. The predicted molar refractivity (Wildman–Crippen MR) is 58.7 cm³/mol. The van der Waals surface area contributed by atoms with Crippen molar-refractivity contribution in [1.29, 1.82) is 0 Å². The molecule has 0 aliphatic carbocycles. The molecule has 0 fully saturated rings. The van der Waals surface area contributed by atoms with Crippen LogP contribution >= 0.6 is 0 Å². The minimum absolute atomic E-state index is 0.0306. The molecule has 2 N–H and O–H groups in total. The van der Waals surface area contributed by atoms with Crippen LogP contribution in [0.4, 0.5) is 5.69 Å². The highest BCUT2D eigenvalue weighted by Gasteiger charge is 2.11. The van der Waals surface area contributed by atoms with Crippen LogP contribution in [0.1, 0.15) is 13.8 Å². The molecule has 0 bridgehead atoms. The van der Waals surface area contributed by atoms with Gasteiger partial charge in [-0.05, 0) is 13.8 Å². The Morgan fingerprint density at radius 2 is 2.50 bits per heavy atom. The van der Waals surface area contributed by atoms with Crippen LogP contribution in [0.15, 0.2) is 28.7 Å². The Labute approximate surface area is 92.7 Å². The van der Waals surface area contributed by atoms with Crippen molar-refractivity contribution in [2.45, 2.75) is 13.8 Å². The van der Waals surface area contributed by atoms with Gasteiger partial charge in [0.15, 0.2) is 0 Å². The SMILES string of the molecule is CCOC(=O)/C(C=Nc1cn[nH]c1)=C(\C)O. The second-order valence-electron chi connectivity index (χ2n) is 2.93. The number of aromatic nitrogens is 2. The number of nitrogens with zero attached hydrogens (tertiary/aromatic N) is 2. The zero-order chi connectivity index (χ0) is 12.0. The first-order valence-electron chi connectivity index (χ1n) is 4.75. The zero-order valence-electron chi connectivity index (χ0n) is 9.10. The molecule has 6 heteroatoms. The molecule has 1 aromatic rings. The Balaban J connectivity index is 2.82. The Kier molecular flexibility index (Phi) is 4.26. The van der Waals surface area contributed by atoms with Gasteiger partial charge < -0.3 is 9.84 Å². The van der Waals surface area contributed by atoms with Crippen LogP contribution in [-0.2, 0) is 9.53 Å². The molecular formula is C10H13N3O3. The van der Waals surface area contributed by atoms with Gasteiger partial charge >= 0.3 is 5.97 Å². The third-order valence-corrected chi connectivity index (χ3v) is 1.71. The van der Waals surface area contributed by atoms with E-state index in [1.807, 2.05) is 0 Å². The minimum Gasteiger partial charge on any atom is -0.512 e. The second kappa shape index (κ2) is 5.69. The molecule has 0 saturated heterocycles. The van der Waals surface area contributed by atoms with Gasteiger partial charge in [0.2, 0.25) is 0 Å². The van der Waals surface area contributed by atoms with Crippen LogP contribution in [0.2, 0.25) is 0 Å². The van der Waals surface area contributed by atoms with Crippen molar-refractivity contribution < 1.29 is 14.6 Å². The monoisotopic (exact) mass is 223 g/mol. The van der Waals surface area contributed by atoms with Crippen LogP contribution in [-0.4, -0.2) is 34.1 Å². The molecule has 0 unspecified atom stereocenters. The molecule has 0 aliphatic heterocycles. The number of carbonyl (C=O) groups excluding carboxylic acids is 1. The van der Waals surface area contributed by atoms with Crippen molar-refractivity contribution in [1.82, 2.24) is 10.2 Å². The summed E-state index contributed by atoms with van der Waals surface area (Å²) in [6.45, 7) is 3.33. The maximum Gasteiger partial charge on any atom is 0.343 e. The van der Waals surface area contributed by atoms with E-state index < -0.39 is 5.97 Å². The largest absolute Gasteiger partial charge is 0.512 e.